The molecule has 0 N–H and O–H groups in total. The van der Waals surface area contributed by atoms with Gasteiger partial charge in [0.15, 0.2) is 0 Å². The molecule has 4 heteroatoms. The number of hydrogen-bond donors (Lipinski definition) is 0. The van der Waals surface area contributed by atoms with Crippen molar-refractivity contribution in [2.45, 2.75) is 45.5 Å². The first-order valence-electron chi connectivity index (χ1n) is 4.18. The average Bonchev–Trinajstić information content (AvgIpc) is 2.01. The molecule has 1 fully saturated rings. The van der Waals surface area contributed by atoms with E-state index >= 15 is 0 Å². The van der Waals surface area contributed by atoms with Gasteiger partial charge in [0.05, 0.1) is 6.10 Å². The molecule has 0 aromatic rings. The van der Waals surface area contributed by atoms with E-state index in [4.69, 9.17) is 9.62 Å². The highest BCUT2D eigenvalue weighted by Gasteiger charge is 2.21. The van der Waals surface area contributed by atoms with Crippen molar-refractivity contribution < 1.29 is 19.3 Å². The lowest BCUT2D eigenvalue weighted by molar-refractivity contribution is -0.364. The minimum absolute atomic E-state index is 0.194. The summed E-state index contributed by atoms with van der Waals surface area (Å²) < 4.78 is 5.34. The molecule has 1 rings (SSSR count). The van der Waals surface area contributed by atoms with E-state index in [1.807, 2.05) is 6.92 Å². The summed E-state index contributed by atoms with van der Waals surface area (Å²) in [6, 6.07) is 0. The Bertz CT molecular complexity index is 157. The van der Waals surface area contributed by atoms with Crippen LogP contribution in [0.5, 0.6) is 0 Å². The Morgan fingerprint density at radius 3 is 2.83 bits per heavy atom. The summed E-state index contributed by atoms with van der Waals surface area (Å²) in [5, 5.41) is 0. The van der Waals surface area contributed by atoms with Crippen LogP contribution < -0.4 is 0 Å². The molecule has 4 nitrogen and oxygen atoms in total. The molecule has 0 aromatic carbocycles. The molecule has 0 amide bonds. The number of ether oxygens (including phenoxy) is 1. The lowest BCUT2D eigenvalue weighted by Crippen LogP contribution is -2.28. The van der Waals surface area contributed by atoms with E-state index in [1.54, 1.807) is 0 Å². The van der Waals surface area contributed by atoms with E-state index in [-0.39, 0.29) is 12.4 Å². The Hall–Kier alpha value is -0.610. The second-order valence-corrected chi connectivity index (χ2v) is 2.98. The molecule has 0 aromatic heterocycles. The molecular weight excluding hydrogens is 160 g/mol. The standard InChI is InChI=1S/C8H14O4/c1-6-4-3-5-8(10-6)12-11-7(2)9/h6,8H,3-5H2,1-2H3. The molecule has 70 valence electrons. The summed E-state index contributed by atoms with van der Waals surface area (Å²) in [5.74, 6) is -0.447. The minimum atomic E-state index is -0.447. The molecule has 2 atom stereocenters. The second kappa shape index (κ2) is 4.42. The van der Waals surface area contributed by atoms with Crippen molar-refractivity contribution in [1.29, 1.82) is 0 Å². The maximum atomic E-state index is 10.4. The van der Waals surface area contributed by atoms with Crippen molar-refractivity contribution in [2.24, 2.45) is 0 Å². The molecule has 12 heavy (non-hydrogen) atoms. The summed E-state index contributed by atoms with van der Waals surface area (Å²) in [4.78, 5) is 19.5. The average molecular weight is 174 g/mol. The van der Waals surface area contributed by atoms with Crippen LogP contribution in [0.15, 0.2) is 0 Å². The normalized spacial score (nSPS) is 29.8. The van der Waals surface area contributed by atoms with Gasteiger partial charge in [-0.15, -0.1) is 0 Å². The van der Waals surface area contributed by atoms with E-state index in [0.29, 0.717) is 0 Å². The Labute approximate surface area is 71.7 Å². The molecule has 2 unspecified atom stereocenters. The van der Waals surface area contributed by atoms with Gasteiger partial charge in [-0.2, -0.15) is 4.89 Å². The number of hydrogen-bond acceptors (Lipinski definition) is 4. The summed E-state index contributed by atoms with van der Waals surface area (Å²) in [5.41, 5.74) is 0. The molecule has 0 saturated carbocycles. The fraction of sp³-hybridized carbons (Fsp3) is 0.875. The fourth-order valence-electron chi connectivity index (χ4n) is 1.16. The molecule has 0 aliphatic carbocycles. The van der Waals surface area contributed by atoms with Crippen molar-refractivity contribution in [1.82, 2.24) is 0 Å². The van der Waals surface area contributed by atoms with E-state index in [9.17, 15) is 4.79 Å². The highest BCUT2D eigenvalue weighted by Crippen LogP contribution is 2.19. The third kappa shape index (κ3) is 3.19. The van der Waals surface area contributed by atoms with Crippen molar-refractivity contribution in [3.63, 3.8) is 0 Å². The molecule has 0 spiro atoms. The largest absolute Gasteiger partial charge is 0.346 e. The van der Waals surface area contributed by atoms with Gasteiger partial charge in [0.2, 0.25) is 6.29 Å². The third-order valence-corrected chi connectivity index (χ3v) is 1.71. The van der Waals surface area contributed by atoms with Crippen LogP contribution >= 0.6 is 0 Å². The minimum Gasteiger partial charge on any atom is -0.346 e. The van der Waals surface area contributed by atoms with E-state index in [0.717, 1.165) is 19.3 Å². The van der Waals surface area contributed by atoms with Crippen LogP contribution in [0.1, 0.15) is 33.1 Å². The predicted octanol–water partition coefficient (Wildman–Crippen LogP) is 1.40. The summed E-state index contributed by atoms with van der Waals surface area (Å²) in [6.45, 7) is 3.27. The molecule has 1 saturated heterocycles. The van der Waals surface area contributed by atoms with Crippen molar-refractivity contribution in [3.05, 3.63) is 0 Å². The predicted molar refractivity (Wildman–Crippen MR) is 41.0 cm³/mol. The Balaban J connectivity index is 2.18. The fourth-order valence-corrected chi connectivity index (χ4v) is 1.16. The van der Waals surface area contributed by atoms with Gasteiger partial charge in [0, 0.05) is 13.3 Å². The van der Waals surface area contributed by atoms with Gasteiger partial charge < -0.3 is 4.74 Å². The lowest BCUT2D eigenvalue weighted by atomic mass is 10.1. The maximum Gasteiger partial charge on any atom is 0.339 e. The maximum absolute atomic E-state index is 10.4. The molecule has 1 heterocycles. The van der Waals surface area contributed by atoms with Gasteiger partial charge in [-0.1, -0.05) is 0 Å². The Morgan fingerprint density at radius 2 is 2.25 bits per heavy atom. The molecular formula is C8H14O4. The highest BCUT2D eigenvalue weighted by atomic mass is 17.2. The van der Waals surface area contributed by atoms with Gasteiger partial charge in [-0.25, -0.2) is 4.79 Å². The van der Waals surface area contributed by atoms with Crippen LogP contribution in [0, 0.1) is 0 Å². The topological polar surface area (TPSA) is 44.8 Å². The van der Waals surface area contributed by atoms with Crippen molar-refractivity contribution in [3.8, 4) is 0 Å². The van der Waals surface area contributed by atoms with Crippen LogP contribution in [0.4, 0.5) is 0 Å². The van der Waals surface area contributed by atoms with Crippen LogP contribution in [0.2, 0.25) is 0 Å². The first kappa shape index (κ1) is 9.48. The number of rotatable bonds is 2. The van der Waals surface area contributed by atoms with E-state index in [1.165, 1.54) is 6.92 Å². The monoisotopic (exact) mass is 174 g/mol. The van der Waals surface area contributed by atoms with Crippen LogP contribution in [-0.2, 0) is 19.3 Å². The SMILES string of the molecule is CC(=O)OOC1CCCC(C)O1. The lowest BCUT2D eigenvalue weighted by Gasteiger charge is -2.25. The van der Waals surface area contributed by atoms with Gasteiger partial charge in [0.1, 0.15) is 0 Å². The molecule has 0 radical (unpaired) electrons. The van der Waals surface area contributed by atoms with E-state index < -0.39 is 5.97 Å². The smallest absolute Gasteiger partial charge is 0.339 e. The number of carbonyl (C=O) groups is 1. The molecule has 1 aliphatic heterocycles. The summed E-state index contributed by atoms with van der Waals surface area (Å²) in [7, 11) is 0. The summed E-state index contributed by atoms with van der Waals surface area (Å²) in [6.07, 6.45) is 2.70. The van der Waals surface area contributed by atoms with Gasteiger partial charge in [-0.05, 0) is 19.8 Å². The van der Waals surface area contributed by atoms with Gasteiger partial charge >= 0.3 is 5.97 Å². The van der Waals surface area contributed by atoms with Crippen molar-refractivity contribution >= 4 is 5.97 Å². The summed E-state index contributed by atoms with van der Waals surface area (Å²) >= 11 is 0. The van der Waals surface area contributed by atoms with Crippen LogP contribution in [0.3, 0.4) is 0 Å². The van der Waals surface area contributed by atoms with Crippen molar-refractivity contribution in [2.75, 3.05) is 0 Å². The van der Waals surface area contributed by atoms with E-state index in [2.05, 4.69) is 4.89 Å². The zero-order chi connectivity index (χ0) is 8.97. The van der Waals surface area contributed by atoms with Crippen LogP contribution in [0.25, 0.3) is 0 Å². The molecule has 1 aliphatic rings. The zero-order valence-corrected chi connectivity index (χ0v) is 7.41. The van der Waals surface area contributed by atoms with Crippen LogP contribution in [-0.4, -0.2) is 18.4 Å². The first-order chi connectivity index (χ1) is 5.68. The zero-order valence-electron chi connectivity index (χ0n) is 7.41. The first-order valence-corrected chi connectivity index (χ1v) is 4.18. The second-order valence-electron chi connectivity index (χ2n) is 2.98. The molecule has 0 bridgehead atoms. The Kier molecular flexibility index (Phi) is 3.49. The quantitative estimate of drug-likeness (QED) is 0.469. The Morgan fingerprint density at radius 1 is 1.50 bits per heavy atom. The highest BCUT2D eigenvalue weighted by molar-refractivity contribution is 5.65. The van der Waals surface area contributed by atoms with Gasteiger partial charge in [-0.3, -0.25) is 4.89 Å². The third-order valence-electron chi connectivity index (χ3n) is 1.71. The van der Waals surface area contributed by atoms with Gasteiger partial charge in [0.25, 0.3) is 0 Å². The number of carbonyl (C=O) groups excluding carboxylic acids is 1.